The molecule has 2 heterocycles. The minimum atomic E-state index is -1.11. The van der Waals surface area contributed by atoms with Gasteiger partial charge < -0.3 is 36.4 Å². The predicted octanol–water partition coefficient (Wildman–Crippen LogP) is -0.103. The van der Waals surface area contributed by atoms with Crippen LogP contribution < -0.4 is 16.4 Å². The number of likely N-dealkylation sites (tertiary alicyclic amines) is 2. The summed E-state index contributed by atoms with van der Waals surface area (Å²) in [5.74, 6) is -1.67. The van der Waals surface area contributed by atoms with Crippen molar-refractivity contribution in [1.29, 1.82) is 0 Å². The normalized spacial score (nSPS) is 20.9. The summed E-state index contributed by atoms with van der Waals surface area (Å²) in [6.45, 7) is 11.6. The van der Waals surface area contributed by atoms with Crippen LogP contribution in [0, 0.1) is 10.8 Å². The van der Waals surface area contributed by atoms with Crippen LogP contribution in [0.5, 0.6) is 0 Å². The predicted molar refractivity (Wildman–Crippen MR) is 146 cm³/mol. The summed E-state index contributed by atoms with van der Waals surface area (Å²) in [5.41, 5.74) is 3.89. The summed E-state index contributed by atoms with van der Waals surface area (Å²) in [6, 6.07) is -2.30. The number of carbonyl (C=O) groups is 5. The van der Waals surface area contributed by atoms with Crippen LogP contribution in [0.15, 0.2) is 0 Å². The summed E-state index contributed by atoms with van der Waals surface area (Å²) in [6.07, 6.45) is 2.56. The van der Waals surface area contributed by atoms with E-state index < -0.39 is 48.1 Å². The number of nitrogens with one attached hydrogen (secondary N) is 2. The molecule has 0 bridgehead atoms. The first-order chi connectivity index (χ1) is 17.9. The highest BCUT2D eigenvalue weighted by atomic mass is 16.3. The number of rotatable bonds is 9. The molecule has 2 fully saturated rings. The van der Waals surface area contributed by atoms with E-state index in [1.165, 1.54) is 11.8 Å². The first-order valence-corrected chi connectivity index (χ1v) is 13.7. The molecule has 4 atom stereocenters. The number of aliphatic hydroxyl groups excluding tert-OH is 2. The summed E-state index contributed by atoms with van der Waals surface area (Å²) in [7, 11) is 1.55. The molecule has 2 rings (SSSR count). The molecule has 12 heteroatoms. The van der Waals surface area contributed by atoms with Gasteiger partial charge in [-0.25, -0.2) is 0 Å². The Labute approximate surface area is 232 Å². The number of nitrogens with zero attached hydrogens (tertiary/aromatic N) is 2. The second kappa shape index (κ2) is 14.6. The third kappa shape index (κ3) is 10.4. The van der Waals surface area contributed by atoms with E-state index in [0.717, 1.165) is 6.42 Å². The summed E-state index contributed by atoms with van der Waals surface area (Å²) < 4.78 is 0. The third-order valence-corrected chi connectivity index (χ3v) is 6.78. The molecule has 12 nitrogen and oxygen atoms in total. The molecule has 0 spiro atoms. The lowest BCUT2D eigenvalue weighted by atomic mass is 9.75. The molecule has 2 saturated heterocycles. The molecule has 224 valence electrons. The molecular formula is C27H49N5O7. The van der Waals surface area contributed by atoms with Crippen molar-refractivity contribution in [3.63, 3.8) is 0 Å². The van der Waals surface area contributed by atoms with E-state index in [2.05, 4.69) is 10.6 Å². The van der Waals surface area contributed by atoms with Gasteiger partial charge >= 0.3 is 0 Å². The minimum absolute atomic E-state index is 0.0556. The van der Waals surface area contributed by atoms with Gasteiger partial charge in [0, 0.05) is 25.6 Å². The van der Waals surface area contributed by atoms with Crippen molar-refractivity contribution < 1.29 is 34.2 Å². The van der Waals surface area contributed by atoms with Crippen molar-refractivity contribution in [2.75, 3.05) is 26.7 Å². The Morgan fingerprint density at radius 1 is 0.974 bits per heavy atom. The molecule has 39 heavy (non-hydrogen) atoms. The first-order valence-electron chi connectivity index (χ1n) is 13.7. The van der Waals surface area contributed by atoms with Gasteiger partial charge in [-0.3, -0.25) is 24.0 Å². The highest BCUT2D eigenvalue weighted by molar-refractivity contribution is 5.95. The van der Waals surface area contributed by atoms with Crippen LogP contribution in [0.3, 0.4) is 0 Å². The quantitative estimate of drug-likeness (QED) is 0.263. The number of aliphatic hydroxyl groups is 2. The number of carbonyl (C=O) groups excluding carboxylic acids is 5. The van der Waals surface area contributed by atoms with Gasteiger partial charge in [0.25, 0.3) is 0 Å². The fraction of sp³-hybridized carbons (Fsp3) is 0.815. The largest absolute Gasteiger partial charge is 0.394 e. The molecule has 5 amide bonds. The van der Waals surface area contributed by atoms with Gasteiger partial charge in [-0.05, 0) is 44.4 Å². The van der Waals surface area contributed by atoms with Crippen molar-refractivity contribution in [3.05, 3.63) is 0 Å². The number of primary amides is 1. The Kier molecular flexibility index (Phi) is 12.8. The van der Waals surface area contributed by atoms with Crippen LogP contribution in [-0.4, -0.2) is 101 Å². The molecule has 2 aliphatic heterocycles. The van der Waals surface area contributed by atoms with Crippen LogP contribution in [0.2, 0.25) is 0 Å². The molecular weight excluding hydrogens is 506 g/mol. The van der Waals surface area contributed by atoms with Gasteiger partial charge in [0.05, 0.1) is 19.1 Å². The van der Waals surface area contributed by atoms with Crippen LogP contribution in [0.1, 0.15) is 80.1 Å². The maximum absolute atomic E-state index is 13.2. The van der Waals surface area contributed by atoms with E-state index >= 15 is 0 Å². The van der Waals surface area contributed by atoms with E-state index in [0.29, 0.717) is 38.8 Å². The van der Waals surface area contributed by atoms with Gasteiger partial charge in [-0.15, -0.1) is 0 Å². The molecule has 0 aromatic heterocycles. The lowest BCUT2D eigenvalue weighted by Crippen LogP contribution is -2.58. The van der Waals surface area contributed by atoms with Crippen molar-refractivity contribution in [2.45, 2.75) is 104 Å². The van der Waals surface area contributed by atoms with Crippen LogP contribution in [0.4, 0.5) is 0 Å². The van der Waals surface area contributed by atoms with Gasteiger partial charge in [-0.2, -0.15) is 0 Å². The van der Waals surface area contributed by atoms with Crippen molar-refractivity contribution in [1.82, 2.24) is 20.4 Å². The Balaban J connectivity index is 0.000000956. The first kappa shape index (κ1) is 34.3. The third-order valence-electron chi connectivity index (χ3n) is 6.78. The summed E-state index contributed by atoms with van der Waals surface area (Å²) >= 11 is 0. The molecule has 0 radical (unpaired) electrons. The zero-order valence-electron chi connectivity index (χ0n) is 24.6. The van der Waals surface area contributed by atoms with Crippen LogP contribution in [0.25, 0.3) is 0 Å². The molecule has 4 unspecified atom stereocenters. The van der Waals surface area contributed by atoms with E-state index in [9.17, 15) is 29.1 Å². The van der Waals surface area contributed by atoms with Crippen LogP contribution in [-0.2, 0) is 24.0 Å². The summed E-state index contributed by atoms with van der Waals surface area (Å²) in [4.78, 5) is 64.4. The second-order valence-electron chi connectivity index (χ2n) is 12.3. The molecule has 0 aliphatic carbocycles. The van der Waals surface area contributed by atoms with Gasteiger partial charge in [0.15, 0.2) is 0 Å². The average molecular weight is 556 g/mol. The molecule has 0 aromatic carbocycles. The molecule has 0 aromatic rings. The fourth-order valence-electron chi connectivity index (χ4n) is 5.38. The second-order valence-corrected chi connectivity index (χ2v) is 12.3. The number of nitrogens with two attached hydrogens (primary N) is 1. The minimum Gasteiger partial charge on any atom is -0.394 e. The van der Waals surface area contributed by atoms with Crippen molar-refractivity contribution >= 4 is 29.5 Å². The standard InChI is InChI=1S/C23H40N4O5.C4H9NO2/c1-22(2,3)14-23(4,5)21(32)25-15(13-28)19(30)27-12-8-10-17(27)20(31)26-11-7-9-16(26)18(29)24-6;1-3(6)2-4(5)7/h15-17,28H,7-14H2,1-6H3,(H,24,29)(H,25,32);3,6H,2H2,1H3,(H2,5,7). The maximum atomic E-state index is 13.2. The Bertz CT molecular complexity index is 884. The fourth-order valence-corrected chi connectivity index (χ4v) is 5.38. The number of hydrogen-bond donors (Lipinski definition) is 5. The Hall–Kier alpha value is -2.73. The number of amides is 5. The molecule has 6 N–H and O–H groups in total. The number of hydrogen-bond acceptors (Lipinski definition) is 7. The summed E-state index contributed by atoms with van der Waals surface area (Å²) in [5, 5.41) is 23.6. The molecule has 2 aliphatic rings. The van der Waals surface area contributed by atoms with Gasteiger partial charge in [-0.1, -0.05) is 34.6 Å². The maximum Gasteiger partial charge on any atom is 0.248 e. The van der Waals surface area contributed by atoms with E-state index in [1.807, 2.05) is 34.6 Å². The zero-order chi connectivity index (χ0) is 30.1. The van der Waals surface area contributed by atoms with E-state index in [1.54, 1.807) is 11.9 Å². The van der Waals surface area contributed by atoms with Crippen LogP contribution >= 0.6 is 0 Å². The van der Waals surface area contributed by atoms with E-state index in [4.69, 9.17) is 10.8 Å². The SMILES string of the molecule is CC(O)CC(N)=O.CNC(=O)C1CCCN1C(=O)C1CCCN1C(=O)C(CO)NC(=O)C(C)(C)CC(C)(C)C. The van der Waals surface area contributed by atoms with E-state index in [-0.39, 0.29) is 29.6 Å². The molecule has 0 saturated carbocycles. The smallest absolute Gasteiger partial charge is 0.248 e. The van der Waals surface area contributed by atoms with Crippen molar-refractivity contribution in [2.24, 2.45) is 16.6 Å². The topological polar surface area (TPSA) is 182 Å². The lowest BCUT2D eigenvalue weighted by Gasteiger charge is -2.34. The average Bonchev–Trinajstić information content (AvgIpc) is 3.49. The number of likely N-dealkylation sites (N-methyl/N-ethyl adjacent to an activating group) is 1. The zero-order valence-corrected chi connectivity index (χ0v) is 24.6. The lowest BCUT2D eigenvalue weighted by molar-refractivity contribution is -0.148. The van der Waals surface area contributed by atoms with Crippen molar-refractivity contribution in [3.8, 4) is 0 Å². The van der Waals surface area contributed by atoms with Gasteiger partial charge in [0.1, 0.15) is 18.1 Å². The Morgan fingerprint density at radius 2 is 1.51 bits per heavy atom. The highest BCUT2D eigenvalue weighted by Crippen LogP contribution is 2.33. The highest BCUT2D eigenvalue weighted by Gasteiger charge is 2.44. The Morgan fingerprint density at radius 3 is 1.95 bits per heavy atom. The van der Waals surface area contributed by atoms with Gasteiger partial charge in [0.2, 0.25) is 29.5 Å². The monoisotopic (exact) mass is 555 g/mol.